The standard InChI is InChI=1S/C22H21N3O3/c26-21(10-9-14-12-23-18-7-3-1-5-16(14)18)25-20(22(27)28)11-15-13-24-19-8-4-2-6-17(15)19/h1-8,12-13,20,23-24H,9-11H2,(H,25,26)(H,27,28)/p-1/t20-/m0/s1. The van der Waals surface area contributed by atoms with Gasteiger partial charge in [0.1, 0.15) is 0 Å². The van der Waals surface area contributed by atoms with Crippen LogP contribution in [0.25, 0.3) is 21.8 Å². The summed E-state index contributed by atoms with van der Waals surface area (Å²) in [6.45, 7) is 0. The summed E-state index contributed by atoms with van der Waals surface area (Å²) in [5.41, 5.74) is 3.82. The van der Waals surface area contributed by atoms with E-state index in [1.165, 1.54) is 0 Å². The topological polar surface area (TPSA) is 101 Å². The number of amides is 1. The van der Waals surface area contributed by atoms with Gasteiger partial charge in [-0.05, 0) is 29.7 Å². The van der Waals surface area contributed by atoms with Gasteiger partial charge >= 0.3 is 0 Å². The lowest BCUT2D eigenvalue weighted by Gasteiger charge is -2.19. The van der Waals surface area contributed by atoms with Crippen molar-refractivity contribution in [2.75, 3.05) is 0 Å². The normalized spacial score (nSPS) is 12.3. The molecule has 0 aliphatic heterocycles. The van der Waals surface area contributed by atoms with E-state index >= 15 is 0 Å². The molecular weight excluding hydrogens is 354 g/mol. The second-order valence-electron chi connectivity index (χ2n) is 6.86. The van der Waals surface area contributed by atoms with Gasteiger partial charge in [0.05, 0.1) is 12.0 Å². The molecule has 0 saturated carbocycles. The number of fused-ring (bicyclic) bond motifs is 2. The van der Waals surface area contributed by atoms with Crippen LogP contribution in [0.3, 0.4) is 0 Å². The van der Waals surface area contributed by atoms with Crippen LogP contribution in [0.15, 0.2) is 60.9 Å². The number of aliphatic carboxylic acids is 1. The molecule has 4 aromatic rings. The molecule has 0 aliphatic carbocycles. The zero-order chi connectivity index (χ0) is 19.5. The molecule has 0 bridgehead atoms. The van der Waals surface area contributed by atoms with E-state index in [-0.39, 0.29) is 18.7 Å². The fourth-order valence-electron chi connectivity index (χ4n) is 3.57. The third kappa shape index (κ3) is 3.62. The number of carboxylic acids is 1. The molecule has 0 fully saturated rings. The minimum atomic E-state index is -1.29. The van der Waals surface area contributed by atoms with E-state index in [1.807, 2.05) is 54.7 Å². The van der Waals surface area contributed by atoms with Gasteiger partial charge in [0.2, 0.25) is 5.91 Å². The quantitative estimate of drug-likeness (QED) is 0.461. The van der Waals surface area contributed by atoms with E-state index in [4.69, 9.17) is 0 Å². The Balaban J connectivity index is 1.41. The summed E-state index contributed by atoms with van der Waals surface area (Å²) in [6.07, 6.45) is 4.58. The first-order valence-electron chi connectivity index (χ1n) is 9.22. The van der Waals surface area contributed by atoms with Gasteiger partial charge in [-0.3, -0.25) is 4.79 Å². The molecule has 3 N–H and O–H groups in total. The number of carbonyl (C=O) groups excluding carboxylic acids is 2. The van der Waals surface area contributed by atoms with Crippen LogP contribution in [0.4, 0.5) is 0 Å². The van der Waals surface area contributed by atoms with Gasteiger partial charge in [0.15, 0.2) is 0 Å². The summed E-state index contributed by atoms with van der Waals surface area (Å²) >= 11 is 0. The van der Waals surface area contributed by atoms with Crippen molar-refractivity contribution in [1.29, 1.82) is 0 Å². The average Bonchev–Trinajstić information content (AvgIpc) is 3.30. The van der Waals surface area contributed by atoms with Gasteiger partial charge in [0, 0.05) is 47.0 Å². The number of para-hydroxylation sites is 2. The predicted octanol–water partition coefficient (Wildman–Crippen LogP) is 2.06. The van der Waals surface area contributed by atoms with Crippen LogP contribution in [0, 0.1) is 0 Å². The molecule has 142 valence electrons. The van der Waals surface area contributed by atoms with Crippen LogP contribution in [0.5, 0.6) is 0 Å². The second-order valence-corrected chi connectivity index (χ2v) is 6.86. The number of H-pyrrole nitrogens is 2. The highest BCUT2D eigenvalue weighted by Crippen LogP contribution is 2.20. The highest BCUT2D eigenvalue weighted by atomic mass is 16.4. The van der Waals surface area contributed by atoms with E-state index in [0.29, 0.717) is 6.42 Å². The monoisotopic (exact) mass is 374 g/mol. The summed E-state index contributed by atoms with van der Waals surface area (Å²) < 4.78 is 0. The maximum atomic E-state index is 12.4. The Kier molecular flexibility index (Phi) is 4.85. The van der Waals surface area contributed by atoms with Gasteiger partial charge in [0.25, 0.3) is 0 Å². The maximum absolute atomic E-state index is 12.4. The van der Waals surface area contributed by atoms with Crippen molar-refractivity contribution in [3.05, 3.63) is 72.1 Å². The molecular formula is C22H20N3O3-. The van der Waals surface area contributed by atoms with Crippen LogP contribution in [0.1, 0.15) is 17.5 Å². The molecule has 2 heterocycles. The summed E-state index contributed by atoms with van der Waals surface area (Å²) in [5.74, 6) is -1.59. The van der Waals surface area contributed by atoms with Gasteiger partial charge in [-0.1, -0.05) is 36.4 Å². The van der Waals surface area contributed by atoms with Crippen LogP contribution in [0.2, 0.25) is 0 Å². The summed E-state index contributed by atoms with van der Waals surface area (Å²) in [5, 5.41) is 16.2. The number of carbonyl (C=O) groups is 2. The molecule has 0 radical (unpaired) electrons. The molecule has 2 aromatic heterocycles. The molecule has 6 heteroatoms. The first-order valence-corrected chi connectivity index (χ1v) is 9.22. The Morgan fingerprint density at radius 3 is 2.11 bits per heavy atom. The largest absolute Gasteiger partial charge is 0.548 e. The zero-order valence-corrected chi connectivity index (χ0v) is 15.2. The van der Waals surface area contributed by atoms with Crippen molar-refractivity contribution in [3.8, 4) is 0 Å². The molecule has 1 atom stereocenters. The highest BCUT2D eigenvalue weighted by molar-refractivity contribution is 5.87. The van der Waals surface area contributed by atoms with E-state index in [9.17, 15) is 14.7 Å². The highest BCUT2D eigenvalue weighted by Gasteiger charge is 2.17. The van der Waals surface area contributed by atoms with Crippen LogP contribution in [-0.2, 0) is 22.4 Å². The Hall–Kier alpha value is -3.54. The number of hydrogen-bond donors (Lipinski definition) is 3. The van der Waals surface area contributed by atoms with Crippen molar-refractivity contribution < 1.29 is 14.7 Å². The van der Waals surface area contributed by atoms with Crippen LogP contribution >= 0.6 is 0 Å². The lowest BCUT2D eigenvalue weighted by molar-refractivity contribution is -0.308. The summed E-state index contributed by atoms with van der Waals surface area (Å²) in [4.78, 5) is 30.2. The number of aromatic amines is 2. The number of nitrogens with one attached hydrogen (secondary N) is 3. The number of aromatic nitrogens is 2. The fraction of sp³-hybridized carbons (Fsp3) is 0.182. The number of benzene rings is 2. The second kappa shape index (κ2) is 7.60. The van der Waals surface area contributed by atoms with Gasteiger partial charge in [-0.2, -0.15) is 0 Å². The lowest BCUT2D eigenvalue weighted by Crippen LogP contribution is -2.49. The van der Waals surface area contributed by atoms with Gasteiger partial charge < -0.3 is 25.2 Å². The minimum Gasteiger partial charge on any atom is -0.548 e. The molecule has 6 nitrogen and oxygen atoms in total. The first kappa shape index (κ1) is 17.9. The molecule has 28 heavy (non-hydrogen) atoms. The Morgan fingerprint density at radius 2 is 1.46 bits per heavy atom. The molecule has 0 aliphatic rings. The van der Waals surface area contributed by atoms with E-state index < -0.39 is 12.0 Å². The fourth-order valence-corrected chi connectivity index (χ4v) is 3.57. The molecule has 1 amide bonds. The van der Waals surface area contributed by atoms with Crippen LogP contribution in [-0.4, -0.2) is 27.9 Å². The minimum absolute atomic E-state index is 0.172. The zero-order valence-electron chi connectivity index (χ0n) is 15.2. The lowest BCUT2D eigenvalue weighted by atomic mass is 10.0. The SMILES string of the molecule is O=C(CCc1c[nH]c2ccccc12)N[C@@H](Cc1c[nH]c2ccccc12)C(=O)[O-]. The maximum Gasteiger partial charge on any atom is 0.220 e. The number of hydrogen-bond acceptors (Lipinski definition) is 3. The van der Waals surface area contributed by atoms with Crippen molar-refractivity contribution in [1.82, 2.24) is 15.3 Å². The molecule has 4 rings (SSSR count). The van der Waals surface area contributed by atoms with Crippen molar-refractivity contribution in [2.24, 2.45) is 0 Å². The molecule has 0 spiro atoms. The smallest absolute Gasteiger partial charge is 0.220 e. The molecule has 2 aromatic carbocycles. The number of aryl methyl sites for hydroxylation is 1. The molecule has 0 saturated heterocycles. The van der Waals surface area contributed by atoms with E-state index in [2.05, 4.69) is 15.3 Å². The van der Waals surface area contributed by atoms with Gasteiger partial charge in [-0.25, -0.2) is 0 Å². The van der Waals surface area contributed by atoms with E-state index in [0.717, 1.165) is 32.9 Å². The third-order valence-electron chi connectivity index (χ3n) is 5.02. The predicted molar refractivity (Wildman–Crippen MR) is 106 cm³/mol. The number of rotatable bonds is 7. The summed E-state index contributed by atoms with van der Waals surface area (Å²) in [7, 11) is 0. The van der Waals surface area contributed by atoms with Crippen molar-refractivity contribution in [2.45, 2.75) is 25.3 Å². The molecule has 0 unspecified atom stereocenters. The Labute approximate surface area is 161 Å². The van der Waals surface area contributed by atoms with Gasteiger partial charge in [-0.15, -0.1) is 0 Å². The first-order chi connectivity index (χ1) is 13.6. The Bertz CT molecular complexity index is 1140. The summed E-state index contributed by atoms with van der Waals surface area (Å²) in [6, 6.07) is 14.5. The van der Waals surface area contributed by atoms with Crippen LogP contribution < -0.4 is 10.4 Å². The number of carboxylic acid groups (broad SMARTS) is 1. The Morgan fingerprint density at radius 1 is 0.893 bits per heavy atom. The average molecular weight is 374 g/mol. The third-order valence-corrected chi connectivity index (χ3v) is 5.02. The van der Waals surface area contributed by atoms with Crippen molar-refractivity contribution in [3.63, 3.8) is 0 Å². The van der Waals surface area contributed by atoms with E-state index in [1.54, 1.807) is 6.20 Å². The van der Waals surface area contributed by atoms with Crippen molar-refractivity contribution >= 4 is 33.7 Å².